The Balaban J connectivity index is 1.62. The van der Waals surface area contributed by atoms with Crippen molar-refractivity contribution in [1.29, 1.82) is 0 Å². The van der Waals surface area contributed by atoms with E-state index in [9.17, 15) is 4.79 Å². The summed E-state index contributed by atoms with van der Waals surface area (Å²) < 4.78 is 5.80. The van der Waals surface area contributed by atoms with Crippen LogP contribution >= 0.6 is 0 Å². The van der Waals surface area contributed by atoms with Crippen LogP contribution in [-0.2, 0) is 0 Å². The Bertz CT molecular complexity index is 796. The zero-order valence-electron chi connectivity index (χ0n) is 17.3. The number of hydrogen-bond acceptors (Lipinski definition) is 3. The highest BCUT2D eigenvalue weighted by Gasteiger charge is 2.23. The number of benzene rings is 2. The van der Waals surface area contributed by atoms with Crippen LogP contribution in [0, 0.1) is 0 Å². The average molecular weight is 382 g/mol. The summed E-state index contributed by atoms with van der Waals surface area (Å²) in [5, 5.41) is 3.01. The summed E-state index contributed by atoms with van der Waals surface area (Å²) in [6.45, 7) is 11.5. The van der Waals surface area contributed by atoms with E-state index in [1.54, 1.807) is 0 Å². The van der Waals surface area contributed by atoms with Crippen LogP contribution in [0.15, 0.2) is 48.5 Å². The molecule has 0 spiro atoms. The van der Waals surface area contributed by atoms with Gasteiger partial charge in [-0.05, 0) is 43.5 Å². The lowest BCUT2D eigenvalue weighted by Crippen LogP contribution is -2.50. The predicted molar refractivity (Wildman–Crippen MR) is 116 cm³/mol. The van der Waals surface area contributed by atoms with Gasteiger partial charge < -0.3 is 19.9 Å². The van der Waals surface area contributed by atoms with E-state index in [1.807, 2.05) is 43.0 Å². The van der Waals surface area contributed by atoms with E-state index in [-0.39, 0.29) is 12.1 Å². The molecule has 0 atom stereocenters. The predicted octanol–water partition coefficient (Wildman–Crippen LogP) is 4.95. The lowest BCUT2D eigenvalue weighted by Gasteiger charge is -2.37. The molecule has 0 aromatic heterocycles. The third-order valence-electron chi connectivity index (χ3n) is 4.96. The molecule has 0 radical (unpaired) electrons. The highest BCUT2D eigenvalue weighted by atomic mass is 16.5. The maximum absolute atomic E-state index is 12.8. The van der Waals surface area contributed by atoms with Gasteiger partial charge in [0, 0.05) is 31.9 Å². The van der Waals surface area contributed by atoms with E-state index in [0.29, 0.717) is 30.4 Å². The second kappa shape index (κ2) is 9.00. The molecule has 0 aliphatic carbocycles. The van der Waals surface area contributed by atoms with Crippen molar-refractivity contribution in [3.63, 3.8) is 0 Å². The molecule has 1 saturated heterocycles. The number of piperazine rings is 1. The van der Waals surface area contributed by atoms with Gasteiger partial charge in [-0.15, -0.1) is 0 Å². The minimum absolute atomic E-state index is 0.0580. The van der Waals surface area contributed by atoms with Crippen molar-refractivity contribution >= 4 is 17.4 Å². The summed E-state index contributed by atoms with van der Waals surface area (Å²) in [6, 6.07) is 16.1. The number of nitrogens with one attached hydrogen (secondary N) is 1. The van der Waals surface area contributed by atoms with Crippen molar-refractivity contribution in [3.05, 3.63) is 54.1 Å². The Hall–Kier alpha value is -2.69. The largest absolute Gasteiger partial charge is 0.489 e. The molecule has 1 aliphatic heterocycles. The van der Waals surface area contributed by atoms with Crippen LogP contribution < -0.4 is 15.0 Å². The summed E-state index contributed by atoms with van der Waals surface area (Å²) in [5.74, 6) is 1.19. The Morgan fingerprint density at radius 1 is 0.929 bits per heavy atom. The van der Waals surface area contributed by atoms with Gasteiger partial charge in [0.05, 0.1) is 11.8 Å². The number of para-hydroxylation sites is 3. The molecule has 0 saturated carbocycles. The molecule has 1 fully saturated rings. The van der Waals surface area contributed by atoms with Gasteiger partial charge in [0.25, 0.3) is 0 Å². The molecule has 1 N–H and O–H groups in total. The van der Waals surface area contributed by atoms with Gasteiger partial charge >= 0.3 is 6.03 Å². The summed E-state index contributed by atoms with van der Waals surface area (Å²) in [5.41, 5.74) is 3.36. The molecule has 5 nitrogen and oxygen atoms in total. The van der Waals surface area contributed by atoms with E-state index >= 15 is 0 Å². The fraction of sp³-hybridized carbons (Fsp3) is 0.435. The molecule has 2 aromatic carbocycles. The molecular weight excluding hydrogens is 350 g/mol. The third kappa shape index (κ3) is 4.77. The van der Waals surface area contributed by atoms with Crippen molar-refractivity contribution in [2.75, 3.05) is 36.4 Å². The zero-order valence-corrected chi connectivity index (χ0v) is 17.3. The number of carbonyl (C=O) groups is 1. The molecule has 1 aliphatic rings. The average Bonchev–Trinajstić information content (AvgIpc) is 2.69. The number of urea groups is 1. The van der Waals surface area contributed by atoms with Crippen molar-refractivity contribution in [2.24, 2.45) is 0 Å². The second-order valence-corrected chi connectivity index (χ2v) is 7.78. The molecule has 150 valence electrons. The van der Waals surface area contributed by atoms with Gasteiger partial charge in [0.2, 0.25) is 0 Å². The Morgan fingerprint density at radius 3 is 2.25 bits per heavy atom. The second-order valence-electron chi connectivity index (χ2n) is 7.78. The van der Waals surface area contributed by atoms with E-state index in [2.05, 4.69) is 48.3 Å². The summed E-state index contributed by atoms with van der Waals surface area (Å²) in [4.78, 5) is 17.0. The van der Waals surface area contributed by atoms with Gasteiger partial charge in [-0.1, -0.05) is 44.2 Å². The van der Waals surface area contributed by atoms with Gasteiger partial charge in [0.15, 0.2) is 0 Å². The van der Waals surface area contributed by atoms with Crippen LogP contribution in [0.2, 0.25) is 0 Å². The number of hydrogen-bond donors (Lipinski definition) is 1. The summed E-state index contributed by atoms with van der Waals surface area (Å²) >= 11 is 0. The number of rotatable bonds is 5. The van der Waals surface area contributed by atoms with Gasteiger partial charge in [-0.3, -0.25) is 0 Å². The first-order chi connectivity index (χ1) is 13.5. The molecule has 2 amide bonds. The van der Waals surface area contributed by atoms with E-state index in [4.69, 9.17) is 4.74 Å². The highest BCUT2D eigenvalue weighted by molar-refractivity contribution is 5.91. The minimum Gasteiger partial charge on any atom is -0.489 e. The maximum atomic E-state index is 12.8. The van der Waals surface area contributed by atoms with Gasteiger partial charge in [-0.25, -0.2) is 4.79 Å². The van der Waals surface area contributed by atoms with Crippen LogP contribution in [0.3, 0.4) is 0 Å². The van der Waals surface area contributed by atoms with Crippen LogP contribution in [0.25, 0.3) is 0 Å². The highest BCUT2D eigenvalue weighted by Crippen LogP contribution is 2.29. The topological polar surface area (TPSA) is 44.8 Å². The van der Waals surface area contributed by atoms with E-state index in [0.717, 1.165) is 13.1 Å². The molecule has 0 unspecified atom stereocenters. The molecule has 0 bridgehead atoms. The molecular formula is C23H31N3O2. The lowest BCUT2D eigenvalue weighted by molar-refractivity contribution is 0.207. The quantitative estimate of drug-likeness (QED) is 0.797. The first-order valence-electron chi connectivity index (χ1n) is 10.1. The van der Waals surface area contributed by atoms with Gasteiger partial charge in [-0.2, -0.15) is 0 Å². The number of ether oxygens (including phenoxy) is 1. The lowest BCUT2D eigenvalue weighted by atomic mass is 10.00. The number of nitrogens with zero attached hydrogens (tertiary/aromatic N) is 2. The molecule has 2 aromatic rings. The fourth-order valence-electron chi connectivity index (χ4n) is 3.54. The Labute approximate surface area is 168 Å². The number of carbonyl (C=O) groups excluding carboxylic acids is 1. The normalized spacial score (nSPS) is 14.5. The van der Waals surface area contributed by atoms with Crippen molar-refractivity contribution < 1.29 is 9.53 Å². The number of amides is 2. The van der Waals surface area contributed by atoms with Crippen LogP contribution in [0.5, 0.6) is 5.75 Å². The van der Waals surface area contributed by atoms with Crippen LogP contribution in [-0.4, -0.2) is 43.2 Å². The summed E-state index contributed by atoms with van der Waals surface area (Å²) in [7, 11) is 0. The molecule has 1 heterocycles. The first-order valence-corrected chi connectivity index (χ1v) is 10.1. The first kappa shape index (κ1) is 20.1. The fourth-order valence-corrected chi connectivity index (χ4v) is 3.54. The number of anilines is 2. The van der Waals surface area contributed by atoms with Crippen molar-refractivity contribution in [1.82, 2.24) is 4.90 Å². The van der Waals surface area contributed by atoms with Crippen molar-refractivity contribution in [3.8, 4) is 5.75 Å². The molecule has 3 rings (SSSR count). The SMILES string of the molecule is CC(C)Oc1ccccc1NC(=O)N1CCN(c2ccccc2C(C)C)CC1. The minimum atomic E-state index is -0.0726. The Morgan fingerprint density at radius 2 is 1.57 bits per heavy atom. The maximum Gasteiger partial charge on any atom is 0.322 e. The van der Waals surface area contributed by atoms with Gasteiger partial charge in [0.1, 0.15) is 5.75 Å². The smallest absolute Gasteiger partial charge is 0.322 e. The molecule has 28 heavy (non-hydrogen) atoms. The standard InChI is InChI=1S/C23H31N3O2/c1-17(2)19-9-5-7-11-21(19)25-13-15-26(16-14-25)23(27)24-20-10-6-8-12-22(20)28-18(3)4/h5-12,17-18H,13-16H2,1-4H3,(H,24,27). The van der Waals surface area contributed by atoms with E-state index < -0.39 is 0 Å². The van der Waals surface area contributed by atoms with Crippen LogP contribution in [0.4, 0.5) is 16.2 Å². The summed E-state index contributed by atoms with van der Waals surface area (Å²) in [6.07, 6.45) is 0.0580. The monoisotopic (exact) mass is 381 g/mol. The Kier molecular flexibility index (Phi) is 6.45. The van der Waals surface area contributed by atoms with Crippen LogP contribution in [0.1, 0.15) is 39.2 Å². The van der Waals surface area contributed by atoms with E-state index in [1.165, 1.54) is 11.3 Å². The zero-order chi connectivity index (χ0) is 20.1. The van der Waals surface area contributed by atoms with Crippen molar-refractivity contribution in [2.45, 2.75) is 39.7 Å². The third-order valence-corrected chi connectivity index (χ3v) is 4.96. The molecule has 5 heteroatoms.